The molecular weight excluding hydrogens is 190 g/mol. The standard InChI is InChI=1S/C12H15NO2/c1-4-9-5-7-10(8-6-9)11-13-15-12(2,3)14-11/h4-5,7-9H,1,6H2,2-3H3. The molecule has 0 saturated carbocycles. The van der Waals surface area contributed by atoms with E-state index in [0.29, 0.717) is 11.8 Å². The number of hydrogen-bond donors (Lipinski definition) is 0. The second kappa shape index (κ2) is 3.57. The summed E-state index contributed by atoms with van der Waals surface area (Å²) in [6.07, 6.45) is 9.06. The Morgan fingerprint density at radius 1 is 1.60 bits per heavy atom. The Balaban J connectivity index is 2.06. The first kappa shape index (κ1) is 10.0. The molecule has 0 saturated heterocycles. The number of allylic oxidation sites excluding steroid dienone is 3. The van der Waals surface area contributed by atoms with Gasteiger partial charge in [-0.2, -0.15) is 0 Å². The molecule has 3 heteroatoms. The third-order valence-corrected chi connectivity index (χ3v) is 2.37. The van der Waals surface area contributed by atoms with Crippen molar-refractivity contribution in [1.29, 1.82) is 0 Å². The minimum absolute atomic E-state index is 0.421. The number of oxime groups is 1. The van der Waals surface area contributed by atoms with E-state index in [1.165, 1.54) is 0 Å². The molecule has 80 valence electrons. The molecule has 2 rings (SSSR count). The average molecular weight is 205 g/mol. The highest BCUT2D eigenvalue weighted by atomic mass is 16.8. The summed E-state index contributed by atoms with van der Waals surface area (Å²) in [4.78, 5) is 5.13. The van der Waals surface area contributed by atoms with Crippen LogP contribution in [0.15, 0.2) is 41.6 Å². The zero-order chi connectivity index (χ0) is 10.9. The van der Waals surface area contributed by atoms with Crippen molar-refractivity contribution in [1.82, 2.24) is 0 Å². The zero-order valence-corrected chi connectivity index (χ0v) is 9.06. The highest BCUT2D eigenvalue weighted by molar-refractivity contribution is 5.96. The second-order valence-corrected chi connectivity index (χ2v) is 4.14. The van der Waals surface area contributed by atoms with E-state index >= 15 is 0 Å². The van der Waals surface area contributed by atoms with Crippen LogP contribution in [0.4, 0.5) is 0 Å². The predicted octanol–water partition coefficient (Wildman–Crippen LogP) is 2.77. The Labute approximate surface area is 89.7 Å². The van der Waals surface area contributed by atoms with Crippen LogP contribution in [-0.2, 0) is 9.57 Å². The van der Waals surface area contributed by atoms with Gasteiger partial charge in [-0.1, -0.05) is 24.3 Å². The smallest absolute Gasteiger partial charge is 0.271 e. The summed E-state index contributed by atoms with van der Waals surface area (Å²) in [5, 5.41) is 3.91. The van der Waals surface area contributed by atoms with Gasteiger partial charge in [-0.15, -0.1) is 6.58 Å². The molecule has 3 nitrogen and oxygen atoms in total. The average Bonchev–Trinajstić information content (AvgIpc) is 2.59. The number of nitrogens with zero attached hydrogens (tertiary/aromatic N) is 1. The van der Waals surface area contributed by atoms with Crippen LogP contribution in [0.25, 0.3) is 0 Å². The lowest BCUT2D eigenvalue weighted by Gasteiger charge is -2.16. The number of hydrogen-bond acceptors (Lipinski definition) is 3. The Bertz CT molecular complexity index is 364. The summed E-state index contributed by atoms with van der Waals surface area (Å²) in [6, 6.07) is 0. The van der Waals surface area contributed by atoms with Crippen molar-refractivity contribution in [2.45, 2.75) is 26.1 Å². The van der Waals surface area contributed by atoms with E-state index in [1.807, 2.05) is 26.0 Å². The predicted molar refractivity (Wildman–Crippen MR) is 59.2 cm³/mol. The van der Waals surface area contributed by atoms with Crippen LogP contribution in [0.1, 0.15) is 20.3 Å². The highest BCUT2D eigenvalue weighted by Crippen LogP contribution is 2.25. The normalized spacial score (nSPS) is 27.5. The van der Waals surface area contributed by atoms with Gasteiger partial charge in [0.05, 0.1) is 0 Å². The fraction of sp³-hybridized carbons (Fsp3) is 0.417. The van der Waals surface area contributed by atoms with Crippen molar-refractivity contribution in [3.63, 3.8) is 0 Å². The fourth-order valence-corrected chi connectivity index (χ4v) is 1.50. The van der Waals surface area contributed by atoms with E-state index in [4.69, 9.17) is 9.57 Å². The van der Waals surface area contributed by atoms with E-state index in [9.17, 15) is 0 Å². The Morgan fingerprint density at radius 2 is 2.40 bits per heavy atom. The van der Waals surface area contributed by atoms with Gasteiger partial charge in [0.25, 0.3) is 11.7 Å². The molecule has 1 unspecified atom stereocenters. The van der Waals surface area contributed by atoms with Gasteiger partial charge < -0.3 is 9.57 Å². The Morgan fingerprint density at radius 3 is 2.87 bits per heavy atom. The molecule has 0 N–H and O–H groups in total. The van der Waals surface area contributed by atoms with Crippen LogP contribution in [0.2, 0.25) is 0 Å². The summed E-state index contributed by atoms with van der Waals surface area (Å²) >= 11 is 0. The molecular formula is C12H15NO2. The van der Waals surface area contributed by atoms with Gasteiger partial charge in [0.1, 0.15) is 0 Å². The van der Waals surface area contributed by atoms with Crippen LogP contribution < -0.4 is 0 Å². The number of rotatable bonds is 2. The maximum atomic E-state index is 5.54. The molecule has 0 radical (unpaired) electrons. The largest absolute Gasteiger partial charge is 0.431 e. The van der Waals surface area contributed by atoms with Gasteiger partial charge >= 0.3 is 0 Å². The van der Waals surface area contributed by atoms with E-state index < -0.39 is 5.79 Å². The molecule has 0 aromatic carbocycles. The molecule has 0 aromatic rings. The van der Waals surface area contributed by atoms with Crippen molar-refractivity contribution < 1.29 is 9.57 Å². The Kier molecular flexibility index (Phi) is 2.39. The van der Waals surface area contributed by atoms with Gasteiger partial charge in [0.15, 0.2) is 0 Å². The maximum absolute atomic E-state index is 5.54. The summed E-state index contributed by atoms with van der Waals surface area (Å²) in [5.41, 5.74) is 0.985. The lowest BCUT2D eigenvalue weighted by Crippen LogP contribution is -2.23. The first-order valence-electron chi connectivity index (χ1n) is 5.07. The van der Waals surface area contributed by atoms with Crippen molar-refractivity contribution in [2.75, 3.05) is 0 Å². The topological polar surface area (TPSA) is 30.8 Å². The lowest BCUT2D eigenvalue weighted by atomic mass is 9.97. The summed E-state index contributed by atoms with van der Waals surface area (Å²) < 4.78 is 5.54. The van der Waals surface area contributed by atoms with Crippen LogP contribution in [0.5, 0.6) is 0 Å². The summed E-state index contributed by atoms with van der Waals surface area (Å²) in [6.45, 7) is 7.44. The minimum Gasteiger partial charge on any atom is -0.431 e. The van der Waals surface area contributed by atoms with E-state index in [0.717, 1.165) is 12.0 Å². The van der Waals surface area contributed by atoms with Crippen molar-refractivity contribution >= 4 is 5.90 Å². The number of ether oxygens (including phenoxy) is 1. The summed E-state index contributed by atoms with van der Waals surface area (Å²) in [5.74, 6) is 0.350. The lowest BCUT2D eigenvalue weighted by molar-refractivity contribution is -0.128. The van der Waals surface area contributed by atoms with Gasteiger partial charge in [0, 0.05) is 19.4 Å². The fourth-order valence-electron chi connectivity index (χ4n) is 1.50. The molecule has 1 heterocycles. The highest BCUT2D eigenvalue weighted by Gasteiger charge is 2.31. The maximum Gasteiger partial charge on any atom is 0.271 e. The zero-order valence-electron chi connectivity index (χ0n) is 9.06. The van der Waals surface area contributed by atoms with Gasteiger partial charge in [-0.3, -0.25) is 0 Å². The molecule has 2 aliphatic rings. The van der Waals surface area contributed by atoms with E-state index in [1.54, 1.807) is 0 Å². The summed E-state index contributed by atoms with van der Waals surface area (Å²) in [7, 11) is 0. The third kappa shape index (κ3) is 2.12. The van der Waals surface area contributed by atoms with Crippen LogP contribution in [-0.4, -0.2) is 11.7 Å². The molecule has 15 heavy (non-hydrogen) atoms. The third-order valence-electron chi connectivity index (χ3n) is 2.37. The van der Waals surface area contributed by atoms with Gasteiger partial charge in [-0.05, 0) is 17.5 Å². The van der Waals surface area contributed by atoms with Crippen LogP contribution >= 0.6 is 0 Å². The molecule has 0 fully saturated rings. The molecule has 1 aliphatic carbocycles. The van der Waals surface area contributed by atoms with E-state index in [-0.39, 0.29) is 0 Å². The molecule has 0 bridgehead atoms. The molecule has 0 amide bonds. The molecule has 1 aliphatic heterocycles. The quantitative estimate of drug-likeness (QED) is 0.649. The monoisotopic (exact) mass is 205 g/mol. The minimum atomic E-state index is -0.640. The Hall–Kier alpha value is -1.51. The van der Waals surface area contributed by atoms with Crippen LogP contribution in [0.3, 0.4) is 0 Å². The van der Waals surface area contributed by atoms with E-state index in [2.05, 4.69) is 23.9 Å². The first-order chi connectivity index (χ1) is 7.11. The SMILES string of the molecule is C=CC1C=CC(C2=NOC(C)(C)O2)=CC1. The molecule has 1 atom stereocenters. The van der Waals surface area contributed by atoms with Gasteiger partial charge in [-0.25, -0.2) is 0 Å². The first-order valence-corrected chi connectivity index (χ1v) is 5.07. The van der Waals surface area contributed by atoms with Crippen LogP contribution in [0, 0.1) is 5.92 Å². The van der Waals surface area contributed by atoms with Crippen molar-refractivity contribution in [3.8, 4) is 0 Å². The van der Waals surface area contributed by atoms with Crippen molar-refractivity contribution in [2.24, 2.45) is 11.1 Å². The molecule has 0 aromatic heterocycles. The molecule has 0 spiro atoms. The second-order valence-electron chi connectivity index (χ2n) is 4.14. The van der Waals surface area contributed by atoms with Crippen molar-refractivity contribution in [3.05, 3.63) is 36.5 Å². The van der Waals surface area contributed by atoms with Gasteiger partial charge in [0.2, 0.25) is 0 Å².